The molecule has 1 aromatic heterocycles. The summed E-state index contributed by atoms with van der Waals surface area (Å²) in [6.07, 6.45) is 17.1. The highest BCUT2D eigenvalue weighted by Gasteiger charge is 2.46. The second kappa shape index (κ2) is 32.9. The van der Waals surface area contributed by atoms with Gasteiger partial charge in [0.2, 0.25) is 21.6 Å². The zero-order chi connectivity index (χ0) is 73.1. The van der Waals surface area contributed by atoms with E-state index in [-0.39, 0.29) is 105 Å². The van der Waals surface area contributed by atoms with Gasteiger partial charge in [-0.3, -0.25) is 33.0 Å². The number of nitrogens with zero attached hydrogens (tertiary/aromatic N) is 6. The minimum absolute atomic E-state index is 0.0508. The zero-order valence-electron chi connectivity index (χ0n) is 56.1. The Morgan fingerprint density at radius 1 is 0.778 bits per heavy atom. The van der Waals surface area contributed by atoms with Gasteiger partial charge in [0.05, 0.1) is 85.6 Å². The summed E-state index contributed by atoms with van der Waals surface area (Å²) in [5.41, 5.74) is 3.72. The average Bonchev–Trinajstić information content (AvgIpc) is 1.59. The maximum absolute atomic E-state index is 13.9. The van der Waals surface area contributed by atoms with Crippen LogP contribution in [0.4, 0.5) is 5.69 Å². The second-order valence-corrected chi connectivity index (χ2v) is 32.1. The number of hydrogen-bond acceptors (Lipinski definition) is 20. The number of benzene rings is 3. The Kier molecular flexibility index (Phi) is 26.2. The number of hydrogen-bond donors (Lipinski definition) is 7. The Labute approximate surface area is 577 Å². The number of allylic oxidation sites excluding steroid dienone is 12. The lowest BCUT2D eigenvalue weighted by Gasteiger charge is -2.31. The minimum atomic E-state index is -5.05. The third kappa shape index (κ3) is 19.4. The molecule has 0 fully saturated rings. The van der Waals surface area contributed by atoms with Crippen molar-refractivity contribution < 1.29 is 98.6 Å². The number of rotatable bonds is 34. The third-order valence-electron chi connectivity index (χ3n) is 16.9. The van der Waals surface area contributed by atoms with E-state index >= 15 is 0 Å². The normalized spacial score (nSPS) is 17.8. The lowest BCUT2D eigenvalue weighted by Crippen LogP contribution is -2.51. The van der Waals surface area contributed by atoms with Gasteiger partial charge >= 0.3 is 0 Å². The summed E-state index contributed by atoms with van der Waals surface area (Å²) >= 11 is 0. The summed E-state index contributed by atoms with van der Waals surface area (Å²) in [7, 11) is -22.8. The molecule has 99 heavy (non-hydrogen) atoms. The molecule has 2 aliphatic heterocycles. The molecule has 0 spiro atoms. The fourth-order valence-corrected chi connectivity index (χ4v) is 16.4. The highest BCUT2D eigenvalue weighted by atomic mass is 32.2. The van der Waals surface area contributed by atoms with Crippen LogP contribution in [-0.4, -0.2) is 179 Å². The number of amides is 2. The van der Waals surface area contributed by atoms with Crippen LogP contribution in [0.15, 0.2) is 163 Å². The molecule has 540 valence electrons. The standard InChI is InChI=1S/C65H84N8O21S5/c1-10-71-55-29-26-51-52(39-50(97(82,83)84)41-57(51)99(88,89)90)61(55)65(7,8)59(71)18-14-11-13-17-58-64(5,6)53-27-25-49(96(79,80)81)40-56(98(85,86)87)45(4)20-28-54(53)72(58)31-16-12-15-19-60(74)66-30-33-92-35-37-94-38-36-93-34-32-70-42-46(67-69-70)43-73(62(44(2)3)63(75)68-76)95(77,78)48-23-21-47(91-9)22-24-48/h11,13-14,17-18,20-26,28-29,39-42,44,62H,4,10,12,15-16,19,27,30-38,43H2,1-3,5-9H3,(H6-,66,67,68,69,74,75,76,79,80,81,82,83,84,85,86,87,88,89,90)/p+1/b28-20-,49-25+,56-40?/t62-/m1/s1. The van der Waals surface area contributed by atoms with Crippen LogP contribution in [0.5, 0.6) is 5.75 Å². The molecule has 7 rings (SSSR count). The molecule has 1 atom stereocenters. The number of sulfonamides is 1. The molecular weight excluding hydrogens is 1390 g/mol. The van der Waals surface area contributed by atoms with E-state index in [1.807, 2.05) is 56.2 Å². The fourth-order valence-electron chi connectivity index (χ4n) is 12.1. The van der Waals surface area contributed by atoms with Gasteiger partial charge in [-0.25, -0.2) is 18.6 Å². The molecule has 0 bridgehead atoms. The van der Waals surface area contributed by atoms with Crippen LogP contribution in [0.1, 0.15) is 91.8 Å². The Balaban J connectivity index is 0.925. The summed E-state index contributed by atoms with van der Waals surface area (Å²) in [6.45, 7) is 19.0. The Morgan fingerprint density at radius 3 is 2.05 bits per heavy atom. The van der Waals surface area contributed by atoms with Crippen molar-refractivity contribution in [3.63, 3.8) is 0 Å². The second-order valence-electron chi connectivity index (χ2n) is 24.6. The first-order valence-electron chi connectivity index (χ1n) is 31.4. The Hall–Kier alpha value is -7.42. The van der Waals surface area contributed by atoms with Gasteiger partial charge in [0.25, 0.3) is 46.4 Å². The summed E-state index contributed by atoms with van der Waals surface area (Å²) in [5.74, 6) is -1.21. The molecule has 3 aromatic carbocycles. The zero-order valence-corrected chi connectivity index (χ0v) is 60.1. The van der Waals surface area contributed by atoms with Crippen LogP contribution >= 0.6 is 0 Å². The Bertz CT molecular complexity index is 4570. The van der Waals surface area contributed by atoms with Gasteiger partial charge in [0, 0.05) is 72.0 Å². The van der Waals surface area contributed by atoms with E-state index in [0.717, 1.165) is 21.8 Å². The van der Waals surface area contributed by atoms with Crippen LogP contribution in [0.2, 0.25) is 0 Å². The first-order chi connectivity index (χ1) is 46.4. The molecule has 2 amide bonds. The van der Waals surface area contributed by atoms with Crippen molar-refractivity contribution >= 4 is 84.5 Å². The van der Waals surface area contributed by atoms with Crippen molar-refractivity contribution in [2.45, 2.75) is 120 Å². The predicted octanol–water partition coefficient (Wildman–Crippen LogP) is 7.00. The number of nitrogens with one attached hydrogen (secondary N) is 2. The summed E-state index contributed by atoms with van der Waals surface area (Å²) in [5, 5.41) is 20.8. The Morgan fingerprint density at radius 2 is 1.44 bits per heavy atom. The number of hydroxylamine groups is 1. The van der Waals surface area contributed by atoms with E-state index in [4.69, 9.17) is 18.9 Å². The molecule has 0 unspecified atom stereocenters. The highest BCUT2D eigenvalue weighted by Crippen LogP contribution is 2.52. The van der Waals surface area contributed by atoms with E-state index in [1.165, 1.54) is 60.5 Å². The number of fused-ring (bicyclic) bond motifs is 3. The van der Waals surface area contributed by atoms with E-state index in [2.05, 4.69) is 22.2 Å². The van der Waals surface area contributed by atoms with Crippen molar-refractivity contribution in [1.82, 2.24) is 30.1 Å². The monoisotopic (exact) mass is 1470 g/mol. The molecule has 7 N–H and O–H groups in total. The molecular formula is C65H85N8O21S5+. The average molecular weight is 1470 g/mol. The van der Waals surface area contributed by atoms with Crippen LogP contribution < -0.4 is 20.4 Å². The van der Waals surface area contributed by atoms with Gasteiger partial charge in [0.1, 0.15) is 28.1 Å². The maximum atomic E-state index is 13.9. The largest absolute Gasteiger partial charge is 0.497 e. The van der Waals surface area contributed by atoms with Crippen molar-refractivity contribution in [3.05, 3.63) is 160 Å². The topological polar surface area (TPSA) is 407 Å². The van der Waals surface area contributed by atoms with Crippen molar-refractivity contribution in [2.24, 2.45) is 11.3 Å². The van der Waals surface area contributed by atoms with Crippen molar-refractivity contribution in [3.8, 4) is 5.75 Å². The lowest BCUT2D eigenvalue weighted by atomic mass is 9.78. The van der Waals surface area contributed by atoms with Crippen molar-refractivity contribution in [2.75, 3.05) is 71.3 Å². The number of aromatic nitrogens is 3. The molecule has 0 radical (unpaired) electrons. The lowest BCUT2D eigenvalue weighted by molar-refractivity contribution is -0.470. The SMILES string of the molecule is C=C1/C=C\C2=C(C/C=C(/S(=O)(=O)O)C=C1S(=O)(=O)O)C(C)(C)C(/C=C/C=C/C=C1\N(CC)c3ccc4c(S(=O)(=O)O)cc(S(=O)(=O)O)cc4c3C1(C)C)=[N+]2CCCCCC(=O)NCCOCCOCCOCCn1cc(CN([C@@H](C(=O)NO)C(C)C)S(=O)(=O)c2ccc(OC)cc2)nn1. The maximum Gasteiger partial charge on any atom is 0.295 e. The van der Waals surface area contributed by atoms with Crippen LogP contribution in [0.25, 0.3) is 10.8 Å². The predicted molar refractivity (Wildman–Crippen MR) is 367 cm³/mol. The van der Waals surface area contributed by atoms with Gasteiger partial charge in [0.15, 0.2) is 5.71 Å². The van der Waals surface area contributed by atoms with Gasteiger partial charge in [-0.1, -0.05) is 69.9 Å². The highest BCUT2D eigenvalue weighted by molar-refractivity contribution is 7.91. The van der Waals surface area contributed by atoms with Gasteiger partial charge in [-0.15, -0.1) is 5.10 Å². The smallest absolute Gasteiger partial charge is 0.295 e. The van der Waals surface area contributed by atoms with Gasteiger partial charge in [-0.05, 0) is 123 Å². The number of carbonyl (C=O) groups excluding carboxylic acids is 2. The molecule has 4 aromatic rings. The quantitative estimate of drug-likeness (QED) is 0.00617. The molecule has 3 heterocycles. The van der Waals surface area contributed by atoms with Gasteiger partial charge in [-0.2, -0.15) is 42.6 Å². The van der Waals surface area contributed by atoms with E-state index in [0.29, 0.717) is 72.8 Å². The third-order valence-corrected chi connectivity index (χ3v) is 22.3. The van der Waals surface area contributed by atoms with E-state index in [9.17, 15) is 75.1 Å². The molecule has 1 aliphatic carbocycles. The van der Waals surface area contributed by atoms with E-state index < -0.39 is 98.8 Å². The summed E-state index contributed by atoms with van der Waals surface area (Å²) in [4.78, 5) is 24.6. The molecule has 34 heteroatoms. The molecule has 0 saturated carbocycles. The van der Waals surface area contributed by atoms with E-state index in [1.54, 1.807) is 49.7 Å². The summed E-state index contributed by atoms with van der Waals surface area (Å²) < 4.78 is 195. The number of ether oxygens (including phenoxy) is 4. The molecule has 29 nitrogen and oxygen atoms in total. The first-order valence-corrected chi connectivity index (χ1v) is 38.6. The minimum Gasteiger partial charge on any atom is -0.497 e. The number of likely N-dealkylation sites (N-methyl/N-ethyl adjacent to an activating group) is 1. The molecule has 0 saturated heterocycles. The van der Waals surface area contributed by atoms with Crippen LogP contribution in [0, 0.1) is 11.3 Å². The molecule has 3 aliphatic rings. The number of anilines is 1. The number of methoxy groups -OCH3 is 1. The first kappa shape index (κ1) is 78.9. The van der Waals surface area contributed by atoms with Crippen LogP contribution in [0.3, 0.4) is 0 Å². The van der Waals surface area contributed by atoms with Crippen molar-refractivity contribution in [1.29, 1.82) is 0 Å². The van der Waals surface area contributed by atoms with Crippen LogP contribution in [-0.2, 0) is 92.8 Å². The fraction of sp³-hybridized carbons (Fsp3) is 0.431. The van der Waals surface area contributed by atoms with Gasteiger partial charge < -0.3 is 29.2 Å². The number of unbranched alkanes of at least 4 members (excludes halogenated alkanes) is 2. The number of carbonyl (C=O) groups is 2. The summed E-state index contributed by atoms with van der Waals surface area (Å²) in [6, 6.07) is 9.42.